The first-order valence-electron chi connectivity index (χ1n) is 6.89. The van der Waals surface area contributed by atoms with Crippen LogP contribution in [-0.2, 0) is 29.3 Å². The Balaban J connectivity index is 2.46. The number of ether oxygens (including phenoxy) is 2. The largest absolute Gasteiger partial charge is 0.468 e. The number of halogens is 1. The Morgan fingerprint density at radius 3 is 2.36 bits per heavy atom. The molecule has 118 valence electrons. The van der Waals surface area contributed by atoms with Crippen molar-refractivity contribution in [2.45, 2.75) is 24.7 Å². The van der Waals surface area contributed by atoms with E-state index in [1.165, 1.54) is 38.5 Å². The van der Waals surface area contributed by atoms with Gasteiger partial charge in [0.1, 0.15) is 17.5 Å². The lowest BCUT2D eigenvalue weighted by atomic mass is 9.65. The van der Waals surface area contributed by atoms with Gasteiger partial charge in [-0.25, -0.2) is 4.39 Å². The molecule has 0 N–H and O–H groups in total. The van der Waals surface area contributed by atoms with Crippen LogP contribution in [0.25, 0.3) is 0 Å². The molecule has 1 aliphatic rings. The highest BCUT2D eigenvalue weighted by Crippen LogP contribution is 2.42. The quantitative estimate of drug-likeness (QED) is 0.629. The summed E-state index contributed by atoms with van der Waals surface area (Å²) in [4.78, 5) is 36.1. The second-order valence-corrected chi connectivity index (χ2v) is 5.33. The molecule has 0 aromatic heterocycles. The minimum absolute atomic E-state index is 0.0309. The zero-order chi connectivity index (χ0) is 16.3. The van der Waals surface area contributed by atoms with Crippen LogP contribution in [0.4, 0.5) is 4.39 Å². The van der Waals surface area contributed by atoms with Crippen molar-refractivity contribution in [3.05, 3.63) is 35.6 Å². The molecule has 0 heterocycles. The zero-order valence-electron chi connectivity index (χ0n) is 12.4. The second-order valence-electron chi connectivity index (χ2n) is 5.33. The molecule has 0 spiro atoms. The number of methoxy groups -OCH3 is 2. The van der Waals surface area contributed by atoms with Crippen molar-refractivity contribution in [2.75, 3.05) is 14.2 Å². The molecule has 22 heavy (non-hydrogen) atoms. The number of hydrogen-bond donors (Lipinski definition) is 0. The van der Waals surface area contributed by atoms with Crippen molar-refractivity contribution >= 4 is 17.7 Å². The van der Waals surface area contributed by atoms with Crippen molar-refractivity contribution in [1.82, 2.24) is 0 Å². The molecule has 6 heteroatoms. The van der Waals surface area contributed by atoms with Crippen molar-refractivity contribution < 1.29 is 28.2 Å². The smallest absolute Gasteiger partial charge is 0.316 e. The lowest BCUT2D eigenvalue weighted by Gasteiger charge is -2.37. The fourth-order valence-corrected chi connectivity index (χ4v) is 2.96. The molecular weight excluding hydrogens is 291 g/mol. The minimum Gasteiger partial charge on any atom is -0.468 e. The van der Waals surface area contributed by atoms with E-state index in [0.717, 1.165) is 0 Å². The van der Waals surface area contributed by atoms with Crippen LogP contribution in [0.1, 0.15) is 24.8 Å². The fourth-order valence-electron chi connectivity index (χ4n) is 2.96. The van der Waals surface area contributed by atoms with Crippen molar-refractivity contribution in [2.24, 2.45) is 5.92 Å². The number of Topliss-reactive ketones (excluding diaryl/α,β-unsaturated/α-hetero) is 1. The summed E-state index contributed by atoms with van der Waals surface area (Å²) in [5.41, 5.74) is -0.614. The van der Waals surface area contributed by atoms with Crippen LogP contribution in [0.15, 0.2) is 24.3 Å². The van der Waals surface area contributed by atoms with Gasteiger partial charge < -0.3 is 9.47 Å². The summed E-state index contributed by atoms with van der Waals surface area (Å²) in [6.45, 7) is 0. The number of carbonyl (C=O) groups is 3. The SMILES string of the molecule is COC(=O)C1CC(C(=O)OC)(c2ccc(F)cc2)CCC1=O. The highest BCUT2D eigenvalue weighted by molar-refractivity contribution is 6.01. The summed E-state index contributed by atoms with van der Waals surface area (Å²) >= 11 is 0. The Morgan fingerprint density at radius 2 is 1.82 bits per heavy atom. The van der Waals surface area contributed by atoms with Gasteiger partial charge in [-0.1, -0.05) is 12.1 Å². The van der Waals surface area contributed by atoms with E-state index < -0.39 is 29.1 Å². The summed E-state index contributed by atoms with van der Waals surface area (Å²) in [7, 11) is 2.44. The zero-order valence-corrected chi connectivity index (χ0v) is 12.4. The summed E-state index contributed by atoms with van der Waals surface area (Å²) in [6.07, 6.45) is 0.251. The molecule has 2 atom stereocenters. The van der Waals surface area contributed by atoms with E-state index in [-0.39, 0.29) is 25.0 Å². The summed E-state index contributed by atoms with van der Waals surface area (Å²) in [5.74, 6) is -2.91. The second kappa shape index (κ2) is 6.25. The molecule has 1 aromatic carbocycles. The maximum absolute atomic E-state index is 13.1. The Bertz CT molecular complexity index is 587. The van der Waals surface area contributed by atoms with E-state index in [0.29, 0.717) is 5.56 Å². The molecule has 0 amide bonds. The lowest BCUT2D eigenvalue weighted by molar-refractivity contribution is -0.157. The maximum Gasteiger partial charge on any atom is 0.316 e. The van der Waals surface area contributed by atoms with Gasteiger partial charge in [0.15, 0.2) is 0 Å². The van der Waals surface area contributed by atoms with Gasteiger partial charge in [0.25, 0.3) is 0 Å². The normalized spacial score (nSPS) is 24.7. The highest BCUT2D eigenvalue weighted by atomic mass is 19.1. The van der Waals surface area contributed by atoms with Gasteiger partial charge in [0, 0.05) is 6.42 Å². The Hall–Kier alpha value is -2.24. The van der Waals surface area contributed by atoms with E-state index in [1.54, 1.807) is 0 Å². The number of ketones is 1. The molecule has 0 bridgehead atoms. The van der Waals surface area contributed by atoms with E-state index in [9.17, 15) is 18.8 Å². The van der Waals surface area contributed by atoms with Crippen molar-refractivity contribution in [1.29, 1.82) is 0 Å². The molecule has 1 aliphatic carbocycles. The molecule has 2 rings (SSSR count). The van der Waals surface area contributed by atoms with Gasteiger partial charge in [-0.15, -0.1) is 0 Å². The Morgan fingerprint density at radius 1 is 1.18 bits per heavy atom. The third-order valence-electron chi connectivity index (χ3n) is 4.20. The topological polar surface area (TPSA) is 69.7 Å². The molecule has 2 unspecified atom stereocenters. The monoisotopic (exact) mass is 308 g/mol. The summed E-state index contributed by atoms with van der Waals surface area (Å²) in [5, 5.41) is 0. The van der Waals surface area contributed by atoms with Crippen molar-refractivity contribution in [3.63, 3.8) is 0 Å². The van der Waals surface area contributed by atoms with Crippen LogP contribution >= 0.6 is 0 Å². The molecular formula is C16H17FO5. The van der Waals surface area contributed by atoms with Crippen LogP contribution in [-0.4, -0.2) is 31.9 Å². The lowest BCUT2D eigenvalue weighted by Crippen LogP contribution is -2.46. The third-order valence-corrected chi connectivity index (χ3v) is 4.20. The maximum atomic E-state index is 13.1. The molecule has 0 aliphatic heterocycles. The van der Waals surface area contributed by atoms with Crippen molar-refractivity contribution in [3.8, 4) is 0 Å². The highest BCUT2D eigenvalue weighted by Gasteiger charge is 2.50. The van der Waals surface area contributed by atoms with Crippen LogP contribution in [0, 0.1) is 11.7 Å². The van der Waals surface area contributed by atoms with Gasteiger partial charge in [0.05, 0.1) is 19.6 Å². The summed E-state index contributed by atoms with van der Waals surface area (Å²) < 4.78 is 22.7. The van der Waals surface area contributed by atoms with Crippen LogP contribution in [0.5, 0.6) is 0 Å². The number of rotatable bonds is 3. The average molecular weight is 308 g/mol. The van der Waals surface area contributed by atoms with Gasteiger partial charge in [-0.3, -0.25) is 14.4 Å². The van der Waals surface area contributed by atoms with E-state index in [2.05, 4.69) is 4.74 Å². The number of esters is 2. The van der Waals surface area contributed by atoms with E-state index in [4.69, 9.17) is 4.74 Å². The molecule has 1 aromatic rings. The molecule has 1 saturated carbocycles. The molecule has 0 saturated heterocycles. The van der Waals surface area contributed by atoms with E-state index >= 15 is 0 Å². The predicted octanol–water partition coefficient (Wildman–Crippen LogP) is 1.78. The standard InChI is InChI=1S/C16H17FO5/c1-21-14(19)12-9-16(15(20)22-2,8-7-13(12)18)10-3-5-11(17)6-4-10/h3-6,12H,7-9H2,1-2H3. The predicted molar refractivity (Wildman–Crippen MR) is 74.5 cm³/mol. The third kappa shape index (κ3) is 2.73. The van der Waals surface area contributed by atoms with Crippen LogP contribution in [0.3, 0.4) is 0 Å². The number of hydrogen-bond acceptors (Lipinski definition) is 5. The van der Waals surface area contributed by atoms with Gasteiger partial charge in [-0.05, 0) is 30.5 Å². The van der Waals surface area contributed by atoms with Crippen LogP contribution in [0.2, 0.25) is 0 Å². The molecule has 5 nitrogen and oxygen atoms in total. The first-order valence-corrected chi connectivity index (χ1v) is 6.89. The fraction of sp³-hybridized carbons (Fsp3) is 0.438. The Kier molecular flexibility index (Phi) is 4.59. The summed E-state index contributed by atoms with van der Waals surface area (Å²) in [6, 6.07) is 5.44. The average Bonchev–Trinajstić information content (AvgIpc) is 2.55. The number of benzene rings is 1. The molecule has 0 radical (unpaired) electrons. The Labute approximate surface area is 127 Å². The van der Waals surface area contributed by atoms with Gasteiger partial charge in [0.2, 0.25) is 0 Å². The molecule has 1 fully saturated rings. The number of carbonyl (C=O) groups excluding carboxylic acids is 3. The van der Waals surface area contributed by atoms with Gasteiger partial charge in [-0.2, -0.15) is 0 Å². The van der Waals surface area contributed by atoms with E-state index in [1.807, 2.05) is 0 Å². The van der Waals surface area contributed by atoms with Crippen LogP contribution < -0.4 is 0 Å². The first-order chi connectivity index (χ1) is 10.4. The first kappa shape index (κ1) is 16.1. The minimum atomic E-state index is -1.14. The van der Waals surface area contributed by atoms with Gasteiger partial charge >= 0.3 is 11.9 Å².